The molecule has 0 aliphatic rings. The number of hydrogen-bond acceptors (Lipinski definition) is 5. The standard InChI is InChI=1S/C20H19N3O2S/c1-3-25-18-11-7-6-10-17(18)23-19(24)15-8-4-5-9-16(15)22-20(23)26-13-14(2)12-21/h4-11,14H,3,13H2,1-2H3/t14-/m1/s1. The van der Waals surface area contributed by atoms with E-state index in [9.17, 15) is 4.79 Å². The summed E-state index contributed by atoms with van der Waals surface area (Å²) in [5.41, 5.74) is 1.16. The number of fused-ring (bicyclic) bond motifs is 1. The van der Waals surface area contributed by atoms with Gasteiger partial charge in [-0.2, -0.15) is 5.26 Å². The van der Waals surface area contributed by atoms with Gasteiger partial charge in [0.05, 0.1) is 35.2 Å². The number of thioether (sulfide) groups is 1. The van der Waals surface area contributed by atoms with Crippen LogP contribution in [0.15, 0.2) is 58.5 Å². The highest BCUT2D eigenvalue weighted by Gasteiger charge is 2.17. The molecule has 0 saturated heterocycles. The maximum Gasteiger partial charge on any atom is 0.266 e. The predicted molar refractivity (Wildman–Crippen MR) is 104 cm³/mol. The van der Waals surface area contributed by atoms with E-state index in [4.69, 9.17) is 10.00 Å². The van der Waals surface area contributed by atoms with Gasteiger partial charge in [-0.25, -0.2) is 4.98 Å². The first-order chi connectivity index (χ1) is 12.7. The van der Waals surface area contributed by atoms with Gasteiger partial charge in [-0.15, -0.1) is 0 Å². The zero-order valence-electron chi connectivity index (χ0n) is 14.7. The topological polar surface area (TPSA) is 67.9 Å². The summed E-state index contributed by atoms with van der Waals surface area (Å²) in [6.45, 7) is 4.26. The van der Waals surface area contributed by atoms with E-state index in [0.717, 1.165) is 0 Å². The van der Waals surface area contributed by atoms with Gasteiger partial charge in [0.1, 0.15) is 5.75 Å². The smallest absolute Gasteiger partial charge is 0.266 e. The molecule has 0 bridgehead atoms. The molecule has 3 rings (SSSR count). The first-order valence-corrected chi connectivity index (χ1v) is 9.40. The molecule has 1 atom stereocenters. The second-order valence-electron chi connectivity index (χ2n) is 5.79. The molecule has 2 aromatic carbocycles. The first kappa shape index (κ1) is 18.0. The summed E-state index contributed by atoms with van der Waals surface area (Å²) >= 11 is 1.40. The second-order valence-corrected chi connectivity index (χ2v) is 6.78. The Morgan fingerprint density at radius 1 is 1.23 bits per heavy atom. The Hall–Kier alpha value is -2.78. The van der Waals surface area contributed by atoms with E-state index in [1.807, 2.05) is 56.3 Å². The van der Waals surface area contributed by atoms with Gasteiger partial charge in [-0.05, 0) is 38.1 Å². The fourth-order valence-electron chi connectivity index (χ4n) is 2.58. The van der Waals surface area contributed by atoms with Gasteiger partial charge in [0.15, 0.2) is 5.16 Å². The molecule has 3 aromatic rings. The molecule has 1 heterocycles. The number of aromatic nitrogens is 2. The summed E-state index contributed by atoms with van der Waals surface area (Å²) in [4.78, 5) is 17.9. The van der Waals surface area contributed by atoms with Crippen molar-refractivity contribution in [3.63, 3.8) is 0 Å². The van der Waals surface area contributed by atoms with Crippen LogP contribution in [0.5, 0.6) is 5.75 Å². The summed E-state index contributed by atoms with van der Waals surface area (Å²) in [5, 5.41) is 10.2. The molecular weight excluding hydrogens is 346 g/mol. The van der Waals surface area contributed by atoms with Crippen molar-refractivity contribution in [3.8, 4) is 17.5 Å². The lowest BCUT2D eigenvalue weighted by atomic mass is 10.2. The van der Waals surface area contributed by atoms with Gasteiger partial charge in [0.25, 0.3) is 5.56 Å². The van der Waals surface area contributed by atoms with Crippen LogP contribution in [-0.4, -0.2) is 21.9 Å². The van der Waals surface area contributed by atoms with Crippen LogP contribution in [-0.2, 0) is 0 Å². The van der Waals surface area contributed by atoms with E-state index in [1.54, 1.807) is 10.6 Å². The van der Waals surface area contributed by atoms with Crippen LogP contribution in [0.25, 0.3) is 16.6 Å². The lowest BCUT2D eigenvalue weighted by Gasteiger charge is -2.16. The summed E-state index contributed by atoms with van der Waals surface area (Å²) in [6, 6.07) is 16.9. The van der Waals surface area contributed by atoms with Gasteiger partial charge in [-0.1, -0.05) is 36.0 Å². The van der Waals surface area contributed by atoms with E-state index in [-0.39, 0.29) is 11.5 Å². The van der Waals surface area contributed by atoms with Crippen LogP contribution >= 0.6 is 11.8 Å². The van der Waals surface area contributed by atoms with E-state index in [1.165, 1.54) is 11.8 Å². The molecule has 132 valence electrons. The SMILES string of the molecule is CCOc1ccccc1-n1c(SC[C@H](C)C#N)nc2ccccc2c1=O. The van der Waals surface area contributed by atoms with Gasteiger partial charge in [0.2, 0.25) is 0 Å². The summed E-state index contributed by atoms with van der Waals surface area (Å²) in [7, 11) is 0. The molecule has 0 amide bonds. The third-order valence-corrected chi connectivity index (χ3v) is 5.03. The van der Waals surface area contributed by atoms with Crippen molar-refractivity contribution in [2.75, 3.05) is 12.4 Å². The lowest BCUT2D eigenvalue weighted by Crippen LogP contribution is -2.22. The maximum absolute atomic E-state index is 13.2. The maximum atomic E-state index is 13.2. The molecule has 0 radical (unpaired) electrons. The minimum absolute atomic E-state index is 0.140. The van der Waals surface area contributed by atoms with Crippen LogP contribution in [0.4, 0.5) is 0 Å². The monoisotopic (exact) mass is 365 g/mol. The van der Waals surface area contributed by atoms with E-state index >= 15 is 0 Å². The highest BCUT2D eigenvalue weighted by atomic mass is 32.2. The van der Waals surface area contributed by atoms with Crippen molar-refractivity contribution in [1.82, 2.24) is 9.55 Å². The number of para-hydroxylation sites is 3. The van der Waals surface area contributed by atoms with Crippen molar-refractivity contribution in [2.24, 2.45) is 5.92 Å². The molecule has 0 aliphatic carbocycles. The number of nitriles is 1. The zero-order valence-corrected chi connectivity index (χ0v) is 15.5. The average molecular weight is 365 g/mol. The van der Waals surface area contributed by atoms with E-state index in [0.29, 0.717) is 39.9 Å². The Labute approximate surface area is 156 Å². The van der Waals surface area contributed by atoms with Crippen molar-refractivity contribution in [3.05, 3.63) is 58.9 Å². The van der Waals surface area contributed by atoms with Gasteiger partial charge < -0.3 is 4.74 Å². The van der Waals surface area contributed by atoms with Crippen LogP contribution in [0.3, 0.4) is 0 Å². The number of benzene rings is 2. The van der Waals surface area contributed by atoms with Crippen LogP contribution in [0.1, 0.15) is 13.8 Å². The Balaban J connectivity index is 2.23. The molecule has 0 spiro atoms. The summed E-state index contributed by atoms with van der Waals surface area (Å²) < 4.78 is 7.30. The zero-order chi connectivity index (χ0) is 18.5. The van der Waals surface area contributed by atoms with E-state index < -0.39 is 0 Å². The second kappa shape index (κ2) is 8.07. The number of rotatable bonds is 6. The quantitative estimate of drug-likeness (QED) is 0.487. The molecule has 0 saturated carbocycles. The Kier molecular flexibility index (Phi) is 5.59. The highest BCUT2D eigenvalue weighted by Crippen LogP contribution is 2.28. The normalized spacial score (nSPS) is 11.9. The molecule has 26 heavy (non-hydrogen) atoms. The summed E-state index contributed by atoms with van der Waals surface area (Å²) in [5.74, 6) is 1.04. The molecule has 0 fully saturated rings. The molecular formula is C20H19N3O2S. The van der Waals surface area contributed by atoms with Crippen molar-refractivity contribution in [2.45, 2.75) is 19.0 Å². The molecule has 0 unspecified atom stereocenters. The third kappa shape index (κ3) is 3.58. The van der Waals surface area contributed by atoms with Crippen molar-refractivity contribution in [1.29, 1.82) is 5.26 Å². The first-order valence-electron chi connectivity index (χ1n) is 8.42. The molecule has 5 nitrogen and oxygen atoms in total. The third-order valence-electron chi connectivity index (χ3n) is 3.83. The fourth-order valence-corrected chi connectivity index (χ4v) is 3.52. The van der Waals surface area contributed by atoms with Crippen molar-refractivity contribution < 1.29 is 4.74 Å². The average Bonchev–Trinajstić information content (AvgIpc) is 2.67. The Morgan fingerprint density at radius 2 is 1.96 bits per heavy atom. The van der Waals surface area contributed by atoms with Crippen LogP contribution in [0, 0.1) is 17.2 Å². The van der Waals surface area contributed by atoms with Crippen LogP contribution in [0.2, 0.25) is 0 Å². The molecule has 0 aliphatic heterocycles. The Bertz CT molecular complexity index is 1020. The minimum Gasteiger partial charge on any atom is -0.492 e. The number of ether oxygens (including phenoxy) is 1. The largest absolute Gasteiger partial charge is 0.492 e. The van der Waals surface area contributed by atoms with Gasteiger partial charge in [-0.3, -0.25) is 9.36 Å². The lowest BCUT2D eigenvalue weighted by molar-refractivity contribution is 0.338. The molecule has 6 heteroatoms. The molecule has 0 N–H and O–H groups in total. The molecule has 1 aromatic heterocycles. The number of nitrogens with zero attached hydrogens (tertiary/aromatic N) is 3. The minimum atomic E-state index is -0.144. The van der Waals surface area contributed by atoms with Gasteiger partial charge >= 0.3 is 0 Å². The van der Waals surface area contributed by atoms with Crippen LogP contribution < -0.4 is 10.3 Å². The highest BCUT2D eigenvalue weighted by molar-refractivity contribution is 7.99. The Morgan fingerprint density at radius 3 is 2.73 bits per heavy atom. The fraction of sp³-hybridized carbons (Fsp3) is 0.250. The summed E-state index contributed by atoms with van der Waals surface area (Å²) in [6.07, 6.45) is 0. The van der Waals surface area contributed by atoms with Crippen molar-refractivity contribution >= 4 is 22.7 Å². The number of hydrogen-bond donors (Lipinski definition) is 0. The predicted octanol–water partition coefficient (Wildman–Crippen LogP) is 4.04. The van der Waals surface area contributed by atoms with E-state index in [2.05, 4.69) is 11.1 Å². The van der Waals surface area contributed by atoms with Gasteiger partial charge in [0, 0.05) is 5.75 Å².